The van der Waals surface area contributed by atoms with Crippen molar-refractivity contribution in [3.8, 4) is 5.75 Å². The highest BCUT2D eigenvalue weighted by Crippen LogP contribution is 2.29. The minimum atomic E-state index is -0.161. The van der Waals surface area contributed by atoms with Gasteiger partial charge in [-0.2, -0.15) is 0 Å². The zero-order valence-electron chi connectivity index (χ0n) is 16.1. The van der Waals surface area contributed by atoms with Crippen molar-refractivity contribution in [1.29, 1.82) is 0 Å². The number of hydrogen-bond donors (Lipinski definition) is 2. The molecular formula is C21H23Cl2N3O3. The van der Waals surface area contributed by atoms with Crippen LogP contribution >= 0.6 is 23.2 Å². The van der Waals surface area contributed by atoms with Crippen molar-refractivity contribution in [2.75, 3.05) is 37.4 Å². The number of methoxy groups -OCH3 is 1. The Bertz CT molecular complexity index is 883. The number of carbonyl (C=O) groups excluding carboxylic acids is 2. The van der Waals surface area contributed by atoms with E-state index in [1.54, 1.807) is 25.3 Å². The molecule has 3 rings (SSSR count). The van der Waals surface area contributed by atoms with Gasteiger partial charge in [-0.25, -0.2) is 0 Å². The molecule has 0 radical (unpaired) electrons. The third-order valence-electron chi connectivity index (χ3n) is 4.92. The Balaban J connectivity index is 1.48. The van der Waals surface area contributed by atoms with Crippen LogP contribution in [0.1, 0.15) is 12.8 Å². The SMILES string of the molecule is COc1ccccc1NC(=O)C1CCN(CC(=O)Nc2cccc(Cl)c2Cl)CC1. The molecule has 0 atom stereocenters. The highest BCUT2D eigenvalue weighted by Gasteiger charge is 2.26. The summed E-state index contributed by atoms with van der Waals surface area (Å²) in [6, 6.07) is 12.4. The number of para-hydroxylation sites is 2. The van der Waals surface area contributed by atoms with Gasteiger partial charge in [0, 0.05) is 5.92 Å². The van der Waals surface area contributed by atoms with Crippen LogP contribution < -0.4 is 15.4 Å². The van der Waals surface area contributed by atoms with Crippen LogP contribution in [-0.4, -0.2) is 43.5 Å². The van der Waals surface area contributed by atoms with Gasteiger partial charge >= 0.3 is 0 Å². The van der Waals surface area contributed by atoms with Gasteiger partial charge in [0.1, 0.15) is 5.75 Å². The predicted octanol–water partition coefficient (Wildman–Crippen LogP) is 4.29. The van der Waals surface area contributed by atoms with Crippen LogP contribution in [0.3, 0.4) is 0 Å². The third kappa shape index (κ3) is 5.63. The van der Waals surface area contributed by atoms with Crippen LogP contribution in [0.25, 0.3) is 0 Å². The monoisotopic (exact) mass is 435 g/mol. The Morgan fingerprint density at radius 1 is 1.03 bits per heavy atom. The number of piperidine rings is 1. The van der Waals surface area contributed by atoms with Crippen LogP contribution in [0.5, 0.6) is 5.75 Å². The number of nitrogens with zero attached hydrogens (tertiary/aromatic N) is 1. The van der Waals surface area contributed by atoms with E-state index in [1.807, 2.05) is 29.2 Å². The lowest BCUT2D eigenvalue weighted by Crippen LogP contribution is -2.41. The number of likely N-dealkylation sites (tertiary alicyclic amines) is 1. The van der Waals surface area contributed by atoms with Crippen molar-refractivity contribution in [2.24, 2.45) is 5.92 Å². The first-order valence-electron chi connectivity index (χ1n) is 9.38. The quantitative estimate of drug-likeness (QED) is 0.709. The maximum absolute atomic E-state index is 12.6. The molecule has 29 heavy (non-hydrogen) atoms. The topological polar surface area (TPSA) is 70.7 Å². The second kappa shape index (κ2) is 9.96. The van der Waals surface area contributed by atoms with Crippen molar-refractivity contribution in [3.63, 3.8) is 0 Å². The normalized spacial score (nSPS) is 15.0. The van der Waals surface area contributed by atoms with E-state index in [0.717, 1.165) is 0 Å². The molecule has 0 aliphatic carbocycles. The van der Waals surface area contributed by atoms with Gasteiger partial charge in [-0.3, -0.25) is 14.5 Å². The molecule has 1 heterocycles. The van der Waals surface area contributed by atoms with E-state index >= 15 is 0 Å². The second-order valence-electron chi connectivity index (χ2n) is 6.89. The molecule has 0 unspecified atom stereocenters. The number of rotatable bonds is 6. The summed E-state index contributed by atoms with van der Waals surface area (Å²) < 4.78 is 5.27. The van der Waals surface area contributed by atoms with E-state index in [1.165, 1.54) is 0 Å². The first kappa shape index (κ1) is 21.4. The molecule has 2 aromatic carbocycles. The molecule has 1 aliphatic heterocycles. The summed E-state index contributed by atoms with van der Waals surface area (Å²) in [5.74, 6) is 0.353. The number of anilines is 2. The number of ether oxygens (including phenoxy) is 1. The zero-order chi connectivity index (χ0) is 20.8. The van der Waals surface area contributed by atoms with Crippen molar-refractivity contribution in [1.82, 2.24) is 4.90 Å². The van der Waals surface area contributed by atoms with E-state index in [2.05, 4.69) is 10.6 Å². The van der Waals surface area contributed by atoms with Gasteiger partial charge in [-0.15, -0.1) is 0 Å². The summed E-state index contributed by atoms with van der Waals surface area (Å²) in [5.41, 5.74) is 1.16. The number of amides is 2. The first-order valence-corrected chi connectivity index (χ1v) is 10.1. The summed E-state index contributed by atoms with van der Waals surface area (Å²) in [6.07, 6.45) is 1.37. The van der Waals surface area contributed by atoms with E-state index in [-0.39, 0.29) is 24.3 Å². The Morgan fingerprint density at radius 2 is 1.72 bits per heavy atom. The Morgan fingerprint density at radius 3 is 2.45 bits per heavy atom. The lowest BCUT2D eigenvalue weighted by Gasteiger charge is -2.30. The standard InChI is InChI=1S/C21H23Cl2N3O3/c1-29-18-8-3-2-6-16(18)25-21(28)14-9-11-26(12-10-14)13-19(27)24-17-7-4-5-15(22)20(17)23/h2-8,14H,9-13H2,1H3,(H,24,27)(H,25,28). The Hall–Kier alpha value is -2.28. The fourth-order valence-corrected chi connectivity index (χ4v) is 3.68. The number of halogens is 2. The van der Waals surface area contributed by atoms with Gasteiger partial charge in [0.05, 0.1) is 35.1 Å². The molecule has 154 valence electrons. The molecule has 6 nitrogen and oxygen atoms in total. The van der Waals surface area contributed by atoms with Crippen LogP contribution in [0.4, 0.5) is 11.4 Å². The third-order valence-corrected chi connectivity index (χ3v) is 5.74. The summed E-state index contributed by atoms with van der Waals surface area (Å²) in [7, 11) is 1.57. The number of nitrogens with one attached hydrogen (secondary N) is 2. The molecule has 2 aromatic rings. The van der Waals surface area contributed by atoms with Gasteiger partial charge in [0.2, 0.25) is 11.8 Å². The summed E-state index contributed by atoms with van der Waals surface area (Å²) in [4.78, 5) is 26.9. The average molecular weight is 436 g/mol. The first-order chi connectivity index (χ1) is 14.0. The molecule has 1 aliphatic rings. The Labute approximate surface area is 180 Å². The minimum Gasteiger partial charge on any atom is -0.495 e. The van der Waals surface area contributed by atoms with Gasteiger partial charge in [0.15, 0.2) is 0 Å². The van der Waals surface area contributed by atoms with Crippen LogP contribution in [0.15, 0.2) is 42.5 Å². The molecular weight excluding hydrogens is 413 g/mol. The maximum atomic E-state index is 12.6. The molecule has 0 bridgehead atoms. The average Bonchev–Trinajstić information content (AvgIpc) is 2.72. The van der Waals surface area contributed by atoms with Gasteiger partial charge in [0.25, 0.3) is 0 Å². The smallest absolute Gasteiger partial charge is 0.238 e. The fourth-order valence-electron chi connectivity index (χ4n) is 3.33. The van der Waals surface area contributed by atoms with Gasteiger partial charge in [-0.05, 0) is 50.2 Å². The number of carbonyl (C=O) groups is 2. The summed E-state index contributed by atoms with van der Waals surface area (Å²) >= 11 is 12.1. The molecule has 0 spiro atoms. The predicted molar refractivity (Wildman–Crippen MR) is 116 cm³/mol. The van der Waals surface area contributed by atoms with E-state index < -0.39 is 0 Å². The van der Waals surface area contributed by atoms with Crippen molar-refractivity contribution < 1.29 is 14.3 Å². The van der Waals surface area contributed by atoms with E-state index in [9.17, 15) is 9.59 Å². The molecule has 2 N–H and O–H groups in total. The van der Waals surface area contributed by atoms with Crippen LogP contribution in [0, 0.1) is 5.92 Å². The minimum absolute atomic E-state index is 0.0238. The van der Waals surface area contributed by atoms with E-state index in [0.29, 0.717) is 53.1 Å². The molecule has 2 amide bonds. The number of benzene rings is 2. The summed E-state index contributed by atoms with van der Waals surface area (Å²) in [5, 5.41) is 6.45. The van der Waals surface area contributed by atoms with Gasteiger partial charge in [-0.1, -0.05) is 41.4 Å². The van der Waals surface area contributed by atoms with Crippen LogP contribution in [0.2, 0.25) is 10.0 Å². The molecule has 0 saturated carbocycles. The zero-order valence-corrected chi connectivity index (χ0v) is 17.6. The summed E-state index contributed by atoms with van der Waals surface area (Å²) in [6.45, 7) is 1.57. The molecule has 1 fully saturated rings. The van der Waals surface area contributed by atoms with Crippen molar-refractivity contribution >= 4 is 46.4 Å². The molecule has 8 heteroatoms. The lowest BCUT2D eigenvalue weighted by atomic mass is 9.95. The molecule has 0 aromatic heterocycles. The highest BCUT2D eigenvalue weighted by molar-refractivity contribution is 6.44. The second-order valence-corrected chi connectivity index (χ2v) is 7.67. The largest absolute Gasteiger partial charge is 0.495 e. The maximum Gasteiger partial charge on any atom is 0.238 e. The van der Waals surface area contributed by atoms with Crippen molar-refractivity contribution in [2.45, 2.75) is 12.8 Å². The fraction of sp³-hybridized carbons (Fsp3) is 0.333. The van der Waals surface area contributed by atoms with Crippen molar-refractivity contribution in [3.05, 3.63) is 52.5 Å². The highest BCUT2D eigenvalue weighted by atomic mass is 35.5. The van der Waals surface area contributed by atoms with E-state index in [4.69, 9.17) is 27.9 Å². The number of hydrogen-bond acceptors (Lipinski definition) is 4. The van der Waals surface area contributed by atoms with Gasteiger partial charge < -0.3 is 15.4 Å². The lowest BCUT2D eigenvalue weighted by molar-refractivity contribution is -0.121. The molecule has 1 saturated heterocycles. The Kier molecular flexibility index (Phi) is 7.36. The van der Waals surface area contributed by atoms with Crippen LogP contribution in [-0.2, 0) is 9.59 Å².